The summed E-state index contributed by atoms with van der Waals surface area (Å²) in [5.41, 5.74) is 0. The third-order valence-electron chi connectivity index (χ3n) is 1.33. The fourth-order valence-corrected chi connectivity index (χ4v) is 0.790. The maximum atomic E-state index is 5.14. The van der Waals surface area contributed by atoms with Gasteiger partial charge in [0.25, 0.3) is 0 Å². The first-order chi connectivity index (χ1) is 5.36. The lowest BCUT2D eigenvalue weighted by Crippen LogP contribution is -1.91. The first-order valence-electron chi connectivity index (χ1n) is 3.43. The van der Waals surface area contributed by atoms with E-state index in [-0.39, 0.29) is 0 Å². The van der Waals surface area contributed by atoms with Crippen LogP contribution in [0.1, 0.15) is 0 Å². The monoisotopic (exact) mass is 151 g/mol. The van der Waals surface area contributed by atoms with Gasteiger partial charge in [0.05, 0.1) is 13.7 Å². The minimum Gasteiger partial charge on any atom is -0.497 e. The van der Waals surface area contributed by atoms with Crippen LogP contribution in [-0.2, 0) is 0 Å². The quantitative estimate of drug-likeness (QED) is 0.657. The van der Waals surface area contributed by atoms with Crippen molar-refractivity contribution in [3.63, 3.8) is 0 Å². The van der Waals surface area contributed by atoms with Crippen molar-refractivity contribution in [2.24, 2.45) is 0 Å². The molecule has 0 aliphatic rings. The normalized spacial score (nSPS) is 9.27. The maximum Gasteiger partial charge on any atom is 0.119 e. The number of rotatable bonds is 3. The summed E-state index contributed by atoms with van der Waals surface area (Å²) in [4.78, 5) is 0. The van der Waals surface area contributed by atoms with E-state index in [0.29, 0.717) is 6.61 Å². The molecule has 59 valence electrons. The first kappa shape index (κ1) is 7.92. The Labute approximate surface area is 66.8 Å². The number of benzene rings is 1. The van der Waals surface area contributed by atoms with E-state index in [0.717, 1.165) is 11.5 Å². The SMILES string of the molecule is [CH2]COc1ccc(OC)cc1. The summed E-state index contributed by atoms with van der Waals surface area (Å²) in [6, 6.07) is 7.41. The Hall–Kier alpha value is -1.18. The Balaban J connectivity index is 2.66. The van der Waals surface area contributed by atoms with Crippen molar-refractivity contribution in [1.82, 2.24) is 0 Å². The topological polar surface area (TPSA) is 18.5 Å². The Bertz CT molecular complexity index is 203. The first-order valence-corrected chi connectivity index (χ1v) is 3.43. The van der Waals surface area contributed by atoms with E-state index in [9.17, 15) is 0 Å². The van der Waals surface area contributed by atoms with Gasteiger partial charge in [0.1, 0.15) is 11.5 Å². The van der Waals surface area contributed by atoms with Crippen LogP contribution in [0.5, 0.6) is 11.5 Å². The molecule has 1 rings (SSSR count). The predicted octanol–water partition coefficient (Wildman–Crippen LogP) is 1.91. The molecule has 0 unspecified atom stereocenters. The van der Waals surface area contributed by atoms with Crippen molar-refractivity contribution in [2.75, 3.05) is 13.7 Å². The average Bonchev–Trinajstić information content (AvgIpc) is 2.07. The highest BCUT2D eigenvalue weighted by Gasteiger charge is 1.91. The molecule has 0 saturated heterocycles. The van der Waals surface area contributed by atoms with Crippen molar-refractivity contribution in [2.45, 2.75) is 0 Å². The molecule has 0 amide bonds. The van der Waals surface area contributed by atoms with Crippen molar-refractivity contribution >= 4 is 0 Å². The number of hydrogen-bond donors (Lipinski definition) is 0. The van der Waals surface area contributed by atoms with Crippen molar-refractivity contribution < 1.29 is 9.47 Å². The third kappa shape index (κ3) is 2.15. The second kappa shape index (κ2) is 3.86. The van der Waals surface area contributed by atoms with Crippen LogP contribution in [0.15, 0.2) is 24.3 Å². The van der Waals surface area contributed by atoms with Gasteiger partial charge in [-0.25, -0.2) is 0 Å². The molecule has 1 radical (unpaired) electrons. The largest absolute Gasteiger partial charge is 0.497 e. The van der Waals surface area contributed by atoms with Gasteiger partial charge in [0.2, 0.25) is 0 Å². The molecule has 0 aromatic heterocycles. The van der Waals surface area contributed by atoms with Gasteiger partial charge >= 0.3 is 0 Å². The van der Waals surface area contributed by atoms with Gasteiger partial charge in [-0.15, -0.1) is 0 Å². The number of ether oxygens (including phenoxy) is 2. The van der Waals surface area contributed by atoms with Gasteiger partial charge in [0, 0.05) is 0 Å². The lowest BCUT2D eigenvalue weighted by Gasteiger charge is -2.03. The molecular weight excluding hydrogens is 140 g/mol. The standard InChI is InChI=1S/C9H11O2/c1-3-11-9-6-4-8(10-2)5-7-9/h4-7H,1,3H2,2H3. The zero-order valence-electron chi connectivity index (χ0n) is 6.54. The number of hydrogen-bond acceptors (Lipinski definition) is 2. The van der Waals surface area contributed by atoms with Gasteiger partial charge in [-0.2, -0.15) is 0 Å². The molecule has 11 heavy (non-hydrogen) atoms. The van der Waals surface area contributed by atoms with E-state index in [1.165, 1.54) is 0 Å². The molecule has 0 N–H and O–H groups in total. The summed E-state index contributed by atoms with van der Waals surface area (Å²) >= 11 is 0. The minimum absolute atomic E-state index is 0.451. The Morgan fingerprint density at radius 3 is 2.18 bits per heavy atom. The van der Waals surface area contributed by atoms with Crippen LogP contribution in [0.2, 0.25) is 0 Å². The van der Waals surface area contributed by atoms with Gasteiger partial charge in [-0.05, 0) is 31.2 Å². The fourth-order valence-electron chi connectivity index (χ4n) is 0.790. The molecule has 2 nitrogen and oxygen atoms in total. The molecule has 0 saturated carbocycles. The fraction of sp³-hybridized carbons (Fsp3) is 0.222. The van der Waals surface area contributed by atoms with Crippen LogP contribution < -0.4 is 9.47 Å². The summed E-state index contributed by atoms with van der Waals surface area (Å²) in [6.07, 6.45) is 0. The predicted molar refractivity (Wildman–Crippen MR) is 43.8 cm³/mol. The summed E-state index contributed by atoms with van der Waals surface area (Å²) in [7, 11) is 1.64. The van der Waals surface area contributed by atoms with Crippen LogP contribution in [0.4, 0.5) is 0 Å². The minimum atomic E-state index is 0.451. The lowest BCUT2D eigenvalue weighted by molar-refractivity contribution is 0.359. The van der Waals surface area contributed by atoms with Crippen molar-refractivity contribution in [3.8, 4) is 11.5 Å². The average molecular weight is 151 g/mol. The van der Waals surface area contributed by atoms with Crippen LogP contribution in [0, 0.1) is 6.92 Å². The van der Waals surface area contributed by atoms with Gasteiger partial charge in [-0.1, -0.05) is 0 Å². The summed E-state index contributed by atoms with van der Waals surface area (Å²) in [6.45, 7) is 4.02. The Morgan fingerprint density at radius 1 is 1.18 bits per heavy atom. The molecule has 0 fully saturated rings. The van der Waals surface area contributed by atoms with Crippen LogP contribution >= 0.6 is 0 Å². The Kier molecular flexibility index (Phi) is 2.78. The molecule has 0 heterocycles. The molecule has 1 aromatic carbocycles. The Morgan fingerprint density at radius 2 is 1.73 bits per heavy atom. The summed E-state index contributed by atoms with van der Waals surface area (Å²) in [5.74, 6) is 1.65. The molecule has 2 heteroatoms. The third-order valence-corrected chi connectivity index (χ3v) is 1.33. The van der Waals surface area contributed by atoms with E-state index in [1.54, 1.807) is 7.11 Å². The van der Waals surface area contributed by atoms with E-state index >= 15 is 0 Å². The van der Waals surface area contributed by atoms with Crippen LogP contribution in [-0.4, -0.2) is 13.7 Å². The molecular formula is C9H11O2. The van der Waals surface area contributed by atoms with Crippen LogP contribution in [0.3, 0.4) is 0 Å². The highest BCUT2D eigenvalue weighted by molar-refractivity contribution is 5.31. The van der Waals surface area contributed by atoms with Crippen molar-refractivity contribution in [3.05, 3.63) is 31.2 Å². The highest BCUT2D eigenvalue weighted by Crippen LogP contribution is 2.16. The van der Waals surface area contributed by atoms with E-state index in [4.69, 9.17) is 9.47 Å². The van der Waals surface area contributed by atoms with E-state index in [2.05, 4.69) is 6.92 Å². The summed E-state index contributed by atoms with van der Waals surface area (Å²) < 4.78 is 10.1. The molecule has 1 aromatic rings. The molecule has 0 atom stereocenters. The second-order valence-corrected chi connectivity index (χ2v) is 2.02. The zero-order chi connectivity index (χ0) is 8.10. The van der Waals surface area contributed by atoms with E-state index in [1.807, 2.05) is 24.3 Å². The smallest absolute Gasteiger partial charge is 0.119 e. The number of methoxy groups -OCH3 is 1. The van der Waals surface area contributed by atoms with E-state index < -0.39 is 0 Å². The summed E-state index contributed by atoms with van der Waals surface area (Å²) in [5, 5.41) is 0. The highest BCUT2D eigenvalue weighted by atomic mass is 16.5. The molecule has 0 bridgehead atoms. The van der Waals surface area contributed by atoms with Gasteiger partial charge in [-0.3, -0.25) is 0 Å². The second-order valence-electron chi connectivity index (χ2n) is 2.02. The van der Waals surface area contributed by atoms with Gasteiger partial charge < -0.3 is 9.47 Å². The maximum absolute atomic E-state index is 5.14. The molecule has 0 aliphatic heterocycles. The zero-order valence-corrected chi connectivity index (χ0v) is 6.54. The van der Waals surface area contributed by atoms with Crippen molar-refractivity contribution in [1.29, 1.82) is 0 Å². The molecule has 0 aliphatic carbocycles. The lowest BCUT2D eigenvalue weighted by atomic mass is 10.3. The van der Waals surface area contributed by atoms with Crippen LogP contribution in [0.25, 0.3) is 0 Å². The van der Waals surface area contributed by atoms with Gasteiger partial charge in [0.15, 0.2) is 0 Å². The molecule has 0 spiro atoms.